The van der Waals surface area contributed by atoms with E-state index in [1.807, 2.05) is 0 Å². The SMILES string of the molecule is C[C@]12CCC(OC=O)CC1CC[C@@H]1[C@@H]2C(OC=O)C[C@]2(C)C(=O)CC[C@@H]12. The number of fused-ring (bicyclic) bond motifs is 5. The molecule has 4 aliphatic rings. The Morgan fingerprint density at radius 2 is 1.81 bits per heavy atom. The van der Waals surface area contributed by atoms with Crippen LogP contribution >= 0.6 is 0 Å². The van der Waals surface area contributed by atoms with Gasteiger partial charge in [0.25, 0.3) is 12.9 Å². The maximum absolute atomic E-state index is 12.6. The molecule has 4 aliphatic carbocycles. The van der Waals surface area contributed by atoms with E-state index in [4.69, 9.17) is 9.47 Å². The summed E-state index contributed by atoms with van der Waals surface area (Å²) in [5.74, 6) is 2.04. The molecule has 0 amide bonds. The first-order valence-corrected chi connectivity index (χ1v) is 10.2. The highest BCUT2D eigenvalue weighted by atomic mass is 16.5. The van der Waals surface area contributed by atoms with Gasteiger partial charge in [0.2, 0.25) is 0 Å². The lowest BCUT2D eigenvalue weighted by molar-refractivity contribution is -0.190. The summed E-state index contributed by atoms with van der Waals surface area (Å²) in [4.78, 5) is 34.7. The van der Waals surface area contributed by atoms with Crippen molar-refractivity contribution in [1.29, 1.82) is 0 Å². The highest BCUT2D eigenvalue weighted by Gasteiger charge is 2.64. The van der Waals surface area contributed by atoms with Gasteiger partial charge in [-0.25, -0.2) is 0 Å². The molecule has 0 radical (unpaired) electrons. The summed E-state index contributed by atoms with van der Waals surface area (Å²) in [5.41, 5.74) is -0.234. The van der Waals surface area contributed by atoms with Crippen LogP contribution in [0.15, 0.2) is 0 Å². The molecule has 0 saturated heterocycles. The summed E-state index contributed by atoms with van der Waals surface area (Å²) < 4.78 is 10.9. The molecule has 5 nitrogen and oxygen atoms in total. The molecule has 0 spiro atoms. The standard InChI is InChI=1S/C21H30O5/c1-20-8-7-14(25-11-22)9-13(20)3-4-15-16-5-6-18(24)21(16,2)10-17(19(15)20)26-12-23/h11-17,19H,3-10H2,1-2H3/t13?,14?,15-,16-,17?,19+,20-,21-/m0/s1. The zero-order valence-electron chi connectivity index (χ0n) is 15.8. The molecule has 0 aromatic rings. The molecule has 144 valence electrons. The molecule has 0 heterocycles. The monoisotopic (exact) mass is 362 g/mol. The minimum atomic E-state index is -0.324. The van der Waals surface area contributed by atoms with E-state index in [-0.39, 0.29) is 23.0 Å². The van der Waals surface area contributed by atoms with Crippen molar-refractivity contribution in [2.24, 2.45) is 34.5 Å². The van der Waals surface area contributed by atoms with E-state index in [0.29, 0.717) is 55.2 Å². The third-order valence-corrected chi connectivity index (χ3v) is 8.71. The fourth-order valence-electron chi connectivity index (χ4n) is 7.48. The molecule has 26 heavy (non-hydrogen) atoms. The molecule has 4 rings (SSSR count). The first-order chi connectivity index (χ1) is 12.4. The summed E-state index contributed by atoms with van der Waals surface area (Å²) in [6.45, 7) is 5.62. The summed E-state index contributed by atoms with van der Waals surface area (Å²) in [7, 11) is 0. The highest BCUT2D eigenvalue weighted by Crippen LogP contribution is 2.66. The lowest BCUT2D eigenvalue weighted by Gasteiger charge is -2.61. The van der Waals surface area contributed by atoms with Gasteiger partial charge in [-0.15, -0.1) is 0 Å². The van der Waals surface area contributed by atoms with Gasteiger partial charge in [-0.2, -0.15) is 0 Å². The topological polar surface area (TPSA) is 69.7 Å². The van der Waals surface area contributed by atoms with E-state index in [1.54, 1.807) is 0 Å². The van der Waals surface area contributed by atoms with Crippen LogP contribution in [0.1, 0.15) is 65.2 Å². The van der Waals surface area contributed by atoms with Crippen molar-refractivity contribution in [1.82, 2.24) is 0 Å². The van der Waals surface area contributed by atoms with Crippen LogP contribution in [0.2, 0.25) is 0 Å². The largest absolute Gasteiger partial charge is 0.465 e. The molecule has 0 aliphatic heterocycles. The van der Waals surface area contributed by atoms with Crippen molar-refractivity contribution < 1.29 is 23.9 Å². The van der Waals surface area contributed by atoms with Crippen molar-refractivity contribution in [3.8, 4) is 0 Å². The number of carbonyl (C=O) groups is 3. The molecule has 0 N–H and O–H groups in total. The zero-order chi connectivity index (χ0) is 18.5. The van der Waals surface area contributed by atoms with Crippen molar-refractivity contribution in [2.45, 2.75) is 77.4 Å². The number of carbonyl (C=O) groups excluding carboxylic acids is 3. The fourth-order valence-corrected chi connectivity index (χ4v) is 7.48. The first-order valence-electron chi connectivity index (χ1n) is 10.2. The zero-order valence-corrected chi connectivity index (χ0v) is 15.8. The number of Topliss-reactive ketones (excluding diaryl/α,β-unsaturated/α-hetero) is 1. The minimum Gasteiger partial charge on any atom is -0.465 e. The van der Waals surface area contributed by atoms with E-state index >= 15 is 0 Å². The molecule has 4 saturated carbocycles. The number of ketones is 1. The van der Waals surface area contributed by atoms with Gasteiger partial charge in [0.15, 0.2) is 0 Å². The van der Waals surface area contributed by atoms with Crippen molar-refractivity contribution >= 4 is 18.7 Å². The van der Waals surface area contributed by atoms with Crippen LogP contribution in [0, 0.1) is 34.5 Å². The maximum atomic E-state index is 12.6. The summed E-state index contributed by atoms with van der Waals surface area (Å²) in [6, 6.07) is 0. The maximum Gasteiger partial charge on any atom is 0.293 e. The Labute approximate surface area is 155 Å². The predicted molar refractivity (Wildman–Crippen MR) is 94.0 cm³/mol. The Bertz CT molecular complexity index is 603. The van der Waals surface area contributed by atoms with E-state index in [1.165, 1.54) is 0 Å². The van der Waals surface area contributed by atoms with Gasteiger partial charge >= 0.3 is 0 Å². The van der Waals surface area contributed by atoms with Crippen LogP contribution in [0.4, 0.5) is 0 Å². The normalized spacial score (nSPS) is 50.2. The third kappa shape index (κ3) is 2.45. The lowest BCUT2D eigenvalue weighted by atomic mass is 9.44. The average molecular weight is 362 g/mol. The number of ether oxygens (including phenoxy) is 2. The first kappa shape index (κ1) is 18.0. The van der Waals surface area contributed by atoms with Crippen LogP contribution in [0.5, 0.6) is 0 Å². The quantitative estimate of drug-likeness (QED) is 0.718. The third-order valence-electron chi connectivity index (χ3n) is 8.71. The lowest BCUT2D eigenvalue weighted by Crippen LogP contribution is -2.59. The predicted octanol–water partition coefficient (Wildman–Crippen LogP) is 3.29. The van der Waals surface area contributed by atoms with Gasteiger partial charge in [0.1, 0.15) is 18.0 Å². The number of hydrogen-bond donors (Lipinski definition) is 0. The summed E-state index contributed by atoms with van der Waals surface area (Å²) in [5, 5.41) is 0. The summed E-state index contributed by atoms with van der Waals surface area (Å²) >= 11 is 0. The molecule has 0 bridgehead atoms. The van der Waals surface area contributed by atoms with Crippen molar-refractivity contribution in [2.75, 3.05) is 0 Å². The second-order valence-corrected chi connectivity index (χ2v) is 9.56. The second-order valence-electron chi connectivity index (χ2n) is 9.56. The van der Waals surface area contributed by atoms with Gasteiger partial charge in [-0.1, -0.05) is 13.8 Å². The van der Waals surface area contributed by atoms with Crippen LogP contribution in [0.3, 0.4) is 0 Å². The number of hydrogen-bond acceptors (Lipinski definition) is 5. The minimum absolute atomic E-state index is 0.0227. The Morgan fingerprint density at radius 1 is 1.04 bits per heavy atom. The molecule has 8 atom stereocenters. The highest BCUT2D eigenvalue weighted by molar-refractivity contribution is 5.87. The summed E-state index contributed by atoms with van der Waals surface area (Å²) in [6.07, 6.45) is 7.18. The Kier molecular flexibility index (Phi) is 4.39. The van der Waals surface area contributed by atoms with E-state index < -0.39 is 0 Å². The van der Waals surface area contributed by atoms with Crippen LogP contribution < -0.4 is 0 Å². The second kappa shape index (κ2) is 6.35. The van der Waals surface area contributed by atoms with Crippen LogP contribution in [-0.2, 0) is 23.9 Å². The fraction of sp³-hybridized carbons (Fsp3) is 0.857. The molecule has 5 heteroatoms. The van der Waals surface area contributed by atoms with Gasteiger partial charge < -0.3 is 9.47 Å². The molecular weight excluding hydrogens is 332 g/mol. The smallest absolute Gasteiger partial charge is 0.293 e. The molecule has 0 aromatic heterocycles. The molecule has 3 unspecified atom stereocenters. The van der Waals surface area contributed by atoms with Gasteiger partial charge in [0, 0.05) is 17.8 Å². The Balaban J connectivity index is 1.66. The van der Waals surface area contributed by atoms with Gasteiger partial charge in [-0.3, -0.25) is 14.4 Å². The van der Waals surface area contributed by atoms with Crippen molar-refractivity contribution in [3.05, 3.63) is 0 Å². The van der Waals surface area contributed by atoms with Crippen LogP contribution in [-0.4, -0.2) is 30.9 Å². The van der Waals surface area contributed by atoms with E-state index in [0.717, 1.165) is 38.5 Å². The van der Waals surface area contributed by atoms with Gasteiger partial charge in [-0.05, 0) is 68.1 Å². The molecule has 4 fully saturated rings. The Morgan fingerprint density at radius 3 is 2.54 bits per heavy atom. The van der Waals surface area contributed by atoms with Crippen molar-refractivity contribution in [3.63, 3.8) is 0 Å². The van der Waals surface area contributed by atoms with Gasteiger partial charge in [0.05, 0.1) is 0 Å². The van der Waals surface area contributed by atoms with E-state index in [9.17, 15) is 14.4 Å². The molecule has 0 aromatic carbocycles. The van der Waals surface area contributed by atoms with Crippen LogP contribution in [0.25, 0.3) is 0 Å². The van der Waals surface area contributed by atoms with E-state index in [2.05, 4.69) is 13.8 Å². The Hall–Kier alpha value is -1.39. The average Bonchev–Trinajstić information content (AvgIpc) is 2.90. The molecular formula is C21H30O5. The number of rotatable bonds is 4.